The Morgan fingerprint density at radius 1 is 0.750 bits per heavy atom. The molecule has 0 saturated carbocycles. The predicted octanol–water partition coefficient (Wildman–Crippen LogP) is -0.0100. The molecular weight excluding hydrogens is 485 g/mol. The summed E-state index contributed by atoms with van der Waals surface area (Å²) in [6.45, 7) is 0. The molecule has 4 heavy (non-hydrogen) atoms. The van der Waals surface area contributed by atoms with Crippen LogP contribution in [0.5, 0.6) is 0 Å². The third kappa shape index (κ3) is 8.83. The van der Waals surface area contributed by atoms with Crippen molar-refractivity contribution in [1.82, 2.24) is 0 Å². The largest absolute Gasteiger partial charge is 0 e. The first kappa shape index (κ1) is 32.6. The molecule has 0 atom stereocenters. The van der Waals surface area contributed by atoms with E-state index in [1.165, 1.54) is 0 Å². The Morgan fingerprint density at radius 2 is 0.750 bits per heavy atom. The van der Waals surface area contributed by atoms with E-state index in [2.05, 4.69) is 0 Å². The molecule has 31 valence electrons. The van der Waals surface area contributed by atoms with Crippen LogP contribution < -0.4 is 0 Å². The van der Waals surface area contributed by atoms with Crippen molar-refractivity contribution in [3.8, 4) is 0 Å². The zero-order chi connectivity index (χ0) is 0. The van der Waals surface area contributed by atoms with Crippen LogP contribution in [0.3, 0.4) is 0 Å². The van der Waals surface area contributed by atoms with Crippen molar-refractivity contribution in [3.63, 3.8) is 0 Å². The van der Waals surface area contributed by atoms with Gasteiger partial charge in [0.2, 0.25) is 0 Å². The Labute approximate surface area is 74.5 Å². The maximum atomic E-state index is 0. The minimum Gasteiger partial charge on any atom is 0 e. The summed E-state index contributed by atoms with van der Waals surface area (Å²) in [5.41, 5.74) is 0. The van der Waals surface area contributed by atoms with Crippen molar-refractivity contribution in [3.05, 3.63) is 0 Å². The van der Waals surface area contributed by atoms with E-state index in [0.29, 0.717) is 0 Å². The van der Waals surface area contributed by atoms with Gasteiger partial charge in [-0.25, -0.2) is 0 Å². The van der Waals surface area contributed by atoms with Crippen LogP contribution in [-0.2, 0) is 75.4 Å². The van der Waals surface area contributed by atoms with E-state index < -0.39 is 0 Å². The normalized spacial score (nSPS) is 0. The van der Waals surface area contributed by atoms with Crippen LogP contribution in [-0.4, -0.2) is 0 Å². The van der Waals surface area contributed by atoms with Gasteiger partial charge < -0.3 is 0 Å². The SMILES string of the molecule is [Co].[Ni].[W].[W]. The van der Waals surface area contributed by atoms with Crippen molar-refractivity contribution in [2.45, 2.75) is 0 Å². The maximum Gasteiger partial charge on any atom is 0 e. The van der Waals surface area contributed by atoms with E-state index in [1.54, 1.807) is 0 Å². The van der Waals surface area contributed by atoms with Gasteiger partial charge in [0.05, 0.1) is 0 Å². The number of hydrogen-bond donors (Lipinski definition) is 0. The minimum atomic E-state index is 0. The van der Waals surface area contributed by atoms with Crippen LogP contribution in [0.15, 0.2) is 0 Å². The smallest absolute Gasteiger partial charge is 0 e. The van der Waals surface area contributed by atoms with Crippen LogP contribution in [0.4, 0.5) is 0 Å². The second kappa shape index (κ2) is 18.2. The van der Waals surface area contributed by atoms with Gasteiger partial charge in [-0.05, 0) is 0 Å². The van der Waals surface area contributed by atoms with Crippen molar-refractivity contribution >= 4 is 0 Å². The Bertz CT molecular complexity index is 6.00. The quantitative estimate of drug-likeness (QED) is 0.424. The molecule has 1 radical (unpaired) electrons. The molecule has 0 spiro atoms. The molecule has 0 fully saturated rings. The van der Waals surface area contributed by atoms with Gasteiger partial charge in [0.1, 0.15) is 0 Å². The molecule has 0 amide bonds. The molecule has 0 nitrogen and oxygen atoms in total. The molecule has 0 saturated heterocycles. The van der Waals surface area contributed by atoms with Crippen LogP contribution in [0.1, 0.15) is 0 Å². The summed E-state index contributed by atoms with van der Waals surface area (Å²) in [6.07, 6.45) is 0. The second-order valence-corrected chi connectivity index (χ2v) is 0. The Hall–Kier alpha value is 2.38. The van der Waals surface area contributed by atoms with Crippen molar-refractivity contribution < 1.29 is 75.4 Å². The van der Waals surface area contributed by atoms with Gasteiger partial charge in [0.15, 0.2) is 0 Å². The molecular formula is CoNiW2. The molecule has 0 aromatic rings. The molecule has 0 aliphatic rings. The summed E-state index contributed by atoms with van der Waals surface area (Å²) >= 11 is 0. The first-order valence-electron chi connectivity index (χ1n) is 0. The number of hydrogen-bond acceptors (Lipinski definition) is 0. The van der Waals surface area contributed by atoms with E-state index in [-0.39, 0.29) is 75.4 Å². The van der Waals surface area contributed by atoms with Gasteiger partial charge in [-0.15, -0.1) is 0 Å². The average molecular weight is 485 g/mol. The van der Waals surface area contributed by atoms with Crippen molar-refractivity contribution in [1.29, 1.82) is 0 Å². The first-order chi connectivity index (χ1) is 0. The van der Waals surface area contributed by atoms with Gasteiger partial charge in [0.25, 0.3) is 0 Å². The molecule has 0 aromatic carbocycles. The zero-order valence-corrected chi connectivity index (χ0v) is 9.36. The molecule has 0 aliphatic heterocycles. The fourth-order valence-electron chi connectivity index (χ4n) is 0. The second-order valence-electron chi connectivity index (χ2n) is 0. The standard InChI is InChI=1S/Co.Ni.2W. The topological polar surface area (TPSA) is 0 Å². The van der Waals surface area contributed by atoms with Crippen LogP contribution in [0.2, 0.25) is 0 Å². The van der Waals surface area contributed by atoms with Gasteiger partial charge in [0, 0.05) is 75.4 Å². The van der Waals surface area contributed by atoms with Gasteiger partial charge >= 0.3 is 0 Å². The third-order valence-electron chi connectivity index (χ3n) is 0. The summed E-state index contributed by atoms with van der Waals surface area (Å²) in [6, 6.07) is 0. The fourth-order valence-corrected chi connectivity index (χ4v) is 0. The van der Waals surface area contributed by atoms with E-state index in [0.717, 1.165) is 0 Å². The summed E-state index contributed by atoms with van der Waals surface area (Å²) < 4.78 is 0. The molecule has 0 unspecified atom stereocenters. The Kier molecular flexibility index (Phi) is 149. The maximum absolute atomic E-state index is 0. The molecule has 4 heteroatoms. The van der Waals surface area contributed by atoms with E-state index >= 15 is 0 Å². The van der Waals surface area contributed by atoms with Crippen molar-refractivity contribution in [2.24, 2.45) is 0 Å². The molecule has 0 rings (SSSR count). The van der Waals surface area contributed by atoms with Crippen LogP contribution in [0, 0.1) is 0 Å². The van der Waals surface area contributed by atoms with Crippen LogP contribution in [0.25, 0.3) is 0 Å². The van der Waals surface area contributed by atoms with Gasteiger partial charge in [-0.2, -0.15) is 0 Å². The van der Waals surface area contributed by atoms with Gasteiger partial charge in [-0.1, -0.05) is 0 Å². The summed E-state index contributed by atoms with van der Waals surface area (Å²) in [7, 11) is 0. The molecule has 0 heterocycles. The Morgan fingerprint density at radius 3 is 0.750 bits per heavy atom. The average Bonchev–Trinajstić information content (AvgIpc) is 0. The number of rotatable bonds is 0. The molecule has 0 N–H and O–H groups in total. The molecule has 0 bridgehead atoms. The molecule has 0 aromatic heterocycles. The van der Waals surface area contributed by atoms with E-state index in [9.17, 15) is 0 Å². The van der Waals surface area contributed by atoms with Crippen molar-refractivity contribution in [2.75, 3.05) is 0 Å². The van der Waals surface area contributed by atoms with E-state index in [1.807, 2.05) is 0 Å². The summed E-state index contributed by atoms with van der Waals surface area (Å²) in [4.78, 5) is 0. The fraction of sp³-hybridized carbons (Fsp3) is 0. The summed E-state index contributed by atoms with van der Waals surface area (Å²) in [5.74, 6) is 0. The molecule has 0 aliphatic carbocycles. The van der Waals surface area contributed by atoms with Gasteiger partial charge in [-0.3, -0.25) is 0 Å². The van der Waals surface area contributed by atoms with Crippen LogP contribution >= 0.6 is 0 Å². The Balaban J connectivity index is 0. The first-order valence-corrected chi connectivity index (χ1v) is 0. The minimum absolute atomic E-state index is 0. The predicted molar refractivity (Wildman–Crippen MR) is 0 cm³/mol. The summed E-state index contributed by atoms with van der Waals surface area (Å²) in [5, 5.41) is 0. The monoisotopic (exact) mass is 485 g/mol. The zero-order valence-electron chi connectivity index (χ0n) is 1.47. The third-order valence-corrected chi connectivity index (χ3v) is 0. The van der Waals surface area contributed by atoms with E-state index in [4.69, 9.17) is 0 Å².